The number of aliphatic hydroxyl groups is 1. The molecule has 0 saturated heterocycles. The first-order valence-corrected chi connectivity index (χ1v) is 9.31. The SMILES string of the molecule is CC(C(=O)O)C(=O)NCCCc1ccc(NN)cc1S(=O)(=O)CCO. The van der Waals surface area contributed by atoms with E-state index in [1.54, 1.807) is 12.1 Å². The first kappa shape index (κ1) is 20.9. The van der Waals surface area contributed by atoms with E-state index in [2.05, 4.69) is 10.7 Å². The first-order valence-electron chi connectivity index (χ1n) is 7.66. The number of carbonyl (C=O) groups is 2. The Hall–Kier alpha value is -2.17. The third-order valence-corrected chi connectivity index (χ3v) is 5.38. The van der Waals surface area contributed by atoms with Crippen molar-refractivity contribution < 1.29 is 28.2 Å². The van der Waals surface area contributed by atoms with Gasteiger partial charge >= 0.3 is 5.97 Å². The van der Waals surface area contributed by atoms with Gasteiger partial charge in [0.15, 0.2) is 9.84 Å². The van der Waals surface area contributed by atoms with Crippen molar-refractivity contribution in [2.24, 2.45) is 11.8 Å². The van der Waals surface area contributed by atoms with E-state index < -0.39 is 40.0 Å². The second-order valence-electron chi connectivity index (χ2n) is 5.46. The minimum atomic E-state index is -3.66. The molecule has 140 valence electrons. The highest BCUT2D eigenvalue weighted by Gasteiger charge is 2.21. The summed E-state index contributed by atoms with van der Waals surface area (Å²) in [6, 6.07) is 4.63. The van der Waals surface area contributed by atoms with Crippen LogP contribution in [0, 0.1) is 5.92 Å². The number of aliphatic carboxylic acids is 1. The average Bonchev–Trinajstić information content (AvgIpc) is 2.57. The maximum Gasteiger partial charge on any atom is 0.315 e. The highest BCUT2D eigenvalue weighted by molar-refractivity contribution is 7.91. The molecule has 1 atom stereocenters. The van der Waals surface area contributed by atoms with Crippen molar-refractivity contribution in [3.05, 3.63) is 23.8 Å². The zero-order chi connectivity index (χ0) is 19.0. The van der Waals surface area contributed by atoms with Crippen molar-refractivity contribution in [3.63, 3.8) is 0 Å². The highest BCUT2D eigenvalue weighted by atomic mass is 32.2. The van der Waals surface area contributed by atoms with E-state index in [1.807, 2.05) is 0 Å². The van der Waals surface area contributed by atoms with Crippen LogP contribution in [0.1, 0.15) is 18.9 Å². The van der Waals surface area contributed by atoms with Crippen LogP contribution in [0.25, 0.3) is 0 Å². The number of hydrazine groups is 1. The normalized spacial score (nSPS) is 12.4. The molecule has 6 N–H and O–H groups in total. The van der Waals surface area contributed by atoms with Gasteiger partial charge < -0.3 is 21.0 Å². The fraction of sp³-hybridized carbons (Fsp3) is 0.467. The van der Waals surface area contributed by atoms with Crippen molar-refractivity contribution in [2.45, 2.75) is 24.7 Å². The predicted molar refractivity (Wildman–Crippen MR) is 91.5 cm³/mol. The Morgan fingerprint density at radius 1 is 1.32 bits per heavy atom. The molecule has 1 aromatic carbocycles. The maximum absolute atomic E-state index is 12.3. The van der Waals surface area contributed by atoms with Gasteiger partial charge in [-0.3, -0.25) is 15.4 Å². The lowest BCUT2D eigenvalue weighted by atomic mass is 10.1. The Labute approximate surface area is 146 Å². The van der Waals surface area contributed by atoms with Gasteiger partial charge in [-0.05, 0) is 37.5 Å². The van der Waals surface area contributed by atoms with Gasteiger partial charge in [0, 0.05) is 12.2 Å². The summed E-state index contributed by atoms with van der Waals surface area (Å²) in [5, 5.41) is 20.2. The zero-order valence-electron chi connectivity index (χ0n) is 13.9. The number of amides is 1. The summed E-state index contributed by atoms with van der Waals surface area (Å²) in [6.45, 7) is 1.01. The minimum Gasteiger partial charge on any atom is -0.481 e. The lowest BCUT2D eigenvalue weighted by Crippen LogP contribution is -2.34. The maximum atomic E-state index is 12.3. The van der Waals surface area contributed by atoms with E-state index in [0.29, 0.717) is 24.1 Å². The number of sulfone groups is 1. The number of hydrogen-bond acceptors (Lipinski definition) is 7. The van der Waals surface area contributed by atoms with Crippen LogP contribution < -0.4 is 16.6 Å². The van der Waals surface area contributed by atoms with Gasteiger partial charge in [-0.15, -0.1) is 0 Å². The molecule has 0 aliphatic rings. The predicted octanol–water partition coefficient (Wildman–Crippen LogP) is -0.492. The minimum absolute atomic E-state index is 0.0715. The number of carboxylic acids is 1. The third kappa shape index (κ3) is 6.00. The Balaban J connectivity index is 2.79. The van der Waals surface area contributed by atoms with Crippen molar-refractivity contribution in [2.75, 3.05) is 24.3 Å². The average molecular weight is 373 g/mol. The van der Waals surface area contributed by atoms with Crippen LogP contribution in [0.15, 0.2) is 23.1 Å². The summed E-state index contributed by atoms with van der Waals surface area (Å²) in [4.78, 5) is 22.3. The summed E-state index contributed by atoms with van der Waals surface area (Å²) >= 11 is 0. The van der Waals surface area contributed by atoms with Crippen LogP contribution in [0.5, 0.6) is 0 Å². The topological polar surface area (TPSA) is 159 Å². The molecule has 0 saturated carbocycles. The highest BCUT2D eigenvalue weighted by Crippen LogP contribution is 2.22. The van der Waals surface area contributed by atoms with Gasteiger partial charge in [0.05, 0.1) is 17.3 Å². The molecule has 0 heterocycles. The molecule has 9 nitrogen and oxygen atoms in total. The van der Waals surface area contributed by atoms with Gasteiger partial charge in [-0.25, -0.2) is 8.42 Å². The summed E-state index contributed by atoms with van der Waals surface area (Å²) in [7, 11) is -3.66. The van der Waals surface area contributed by atoms with Crippen molar-refractivity contribution in [1.29, 1.82) is 0 Å². The molecule has 1 amide bonds. The van der Waals surface area contributed by atoms with E-state index in [-0.39, 0.29) is 11.4 Å². The van der Waals surface area contributed by atoms with Gasteiger partial charge in [0.25, 0.3) is 0 Å². The molecule has 1 unspecified atom stereocenters. The van der Waals surface area contributed by atoms with Gasteiger partial charge in [0.1, 0.15) is 5.92 Å². The fourth-order valence-electron chi connectivity index (χ4n) is 2.13. The standard InChI is InChI=1S/C15H23N3O6S/c1-10(15(21)22)14(20)17-6-2-3-11-4-5-12(18-16)9-13(11)25(23,24)8-7-19/h4-5,9-10,18-19H,2-3,6-8,16H2,1H3,(H,17,20)(H,21,22). The molecule has 0 fully saturated rings. The zero-order valence-corrected chi connectivity index (χ0v) is 14.7. The van der Waals surface area contributed by atoms with E-state index in [0.717, 1.165) is 0 Å². The summed E-state index contributed by atoms with van der Waals surface area (Å²) < 4.78 is 24.5. The number of nitrogens with one attached hydrogen (secondary N) is 2. The quantitative estimate of drug-likeness (QED) is 0.159. The molecule has 1 aromatic rings. The number of carboxylic acid groups (broad SMARTS) is 1. The number of rotatable bonds is 10. The number of nitrogen functional groups attached to an aromatic ring is 1. The van der Waals surface area contributed by atoms with Gasteiger partial charge in [-0.2, -0.15) is 0 Å². The second-order valence-corrected chi connectivity index (χ2v) is 7.54. The van der Waals surface area contributed by atoms with E-state index >= 15 is 0 Å². The van der Waals surface area contributed by atoms with E-state index in [4.69, 9.17) is 16.1 Å². The lowest BCUT2D eigenvalue weighted by molar-refractivity contribution is -0.146. The first-order chi connectivity index (χ1) is 11.7. The van der Waals surface area contributed by atoms with Crippen molar-refractivity contribution >= 4 is 27.4 Å². The number of anilines is 1. The molecule has 0 aliphatic carbocycles. The van der Waals surface area contributed by atoms with Crippen LogP contribution in [0.4, 0.5) is 5.69 Å². The van der Waals surface area contributed by atoms with Crippen LogP contribution >= 0.6 is 0 Å². The van der Waals surface area contributed by atoms with Crippen LogP contribution in [-0.2, 0) is 25.8 Å². The smallest absolute Gasteiger partial charge is 0.315 e. The third-order valence-electron chi connectivity index (χ3n) is 3.61. The largest absolute Gasteiger partial charge is 0.481 e. The fourth-order valence-corrected chi connectivity index (χ4v) is 3.46. The molecule has 25 heavy (non-hydrogen) atoms. The number of hydrogen-bond donors (Lipinski definition) is 5. The van der Waals surface area contributed by atoms with Crippen molar-refractivity contribution in [3.8, 4) is 0 Å². The monoisotopic (exact) mass is 373 g/mol. The Kier molecular flexibility index (Phi) is 7.81. The number of benzene rings is 1. The van der Waals surface area contributed by atoms with Crippen LogP contribution in [0.3, 0.4) is 0 Å². The molecule has 0 spiro atoms. The summed E-state index contributed by atoms with van der Waals surface area (Å²) in [5.41, 5.74) is 3.33. The van der Waals surface area contributed by atoms with Gasteiger partial charge in [-0.1, -0.05) is 6.07 Å². The molecular weight excluding hydrogens is 350 g/mol. The van der Waals surface area contributed by atoms with E-state index in [9.17, 15) is 18.0 Å². The Morgan fingerprint density at radius 2 is 2.00 bits per heavy atom. The summed E-state index contributed by atoms with van der Waals surface area (Å²) in [5.74, 6) is 1.96. The van der Waals surface area contributed by atoms with E-state index in [1.165, 1.54) is 13.0 Å². The molecule has 0 radical (unpaired) electrons. The molecule has 0 aromatic heterocycles. The number of aliphatic hydroxyl groups excluding tert-OH is 1. The molecule has 0 aliphatic heterocycles. The molecular formula is C15H23N3O6S. The lowest BCUT2D eigenvalue weighted by Gasteiger charge is -2.13. The van der Waals surface area contributed by atoms with Gasteiger partial charge in [0.2, 0.25) is 5.91 Å². The van der Waals surface area contributed by atoms with Crippen molar-refractivity contribution in [1.82, 2.24) is 5.32 Å². The number of carbonyl (C=O) groups excluding carboxylic acids is 1. The second kappa shape index (κ2) is 9.35. The Morgan fingerprint density at radius 3 is 2.56 bits per heavy atom. The Bertz CT molecular complexity index is 720. The van der Waals surface area contributed by atoms with Crippen LogP contribution in [-0.4, -0.2) is 49.4 Å². The number of aryl methyl sites for hydroxylation is 1. The van der Waals surface area contributed by atoms with Crippen LogP contribution in [0.2, 0.25) is 0 Å². The summed E-state index contributed by atoms with van der Waals surface area (Å²) in [6.07, 6.45) is 0.779. The molecule has 10 heteroatoms. The number of nitrogens with two attached hydrogens (primary N) is 1. The molecule has 1 rings (SSSR count). The molecule has 0 bridgehead atoms.